The van der Waals surface area contributed by atoms with Crippen LogP contribution in [0.1, 0.15) is 62.2 Å². The molecule has 2 aromatic carbocycles. The highest BCUT2D eigenvalue weighted by atomic mass is 35.5. The van der Waals surface area contributed by atoms with Crippen molar-refractivity contribution >= 4 is 69.4 Å². The van der Waals surface area contributed by atoms with Gasteiger partial charge in [0.1, 0.15) is 34.5 Å². The Kier molecular flexibility index (Phi) is 12.1. The Labute approximate surface area is 330 Å². The summed E-state index contributed by atoms with van der Waals surface area (Å²) in [6, 6.07) is 20.5. The van der Waals surface area contributed by atoms with E-state index in [0.29, 0.717) is 28.3 Å². The summed E-state index contributed by atoms with van der Waals surface area (Å²) in [6.07, 6.45) is 0.934. The standard InChI is InChI=1S/C38H38ClN7O7S2/c1-38(2,3)53-37(50)42-20-23-25(16-11-19-41-23)54-26-18-17-24-27(43-33(47)29(45-51-4)28-32(39)55-36(40)44-28)34(48)46(24)30(26)35(49)52-31(21-12-7-5-8-13-21)22-14-9-6-10-15-22/h5-16,19,24,27,31H,17-18,20H2,1-4H3,(H2,40,44)(H,42,50)(H,43,47)/b45-29-. The molecule has 286 valence electrons. The summed E-state index contributed by atoms with van der Waals surface area (Å²) in [4.78, 5) is 70.7. The largest absolute Gasteiger partial charge is 0.448 e. The van der Waals surface area contributed by atoms with Gasteiger partial charge in [0.2, 0.25) is 0 Å². The van der Waals surface area contributed by atoms with Crippen LogP contribution >= 0.6 is 34.7 Å². The van der Waals surface area contributed by atoms with E-state index in [2.05, 4.69) is 25.8 Å². The van der Waals surface area contributed by atoms with Gasteiger partial charge in [-0.1, -0.05) is 101 Å². The Hall–Kier alpha value is -5.45. The number of carbonyl (C=O) groups excluding carboxylic acids is 4. The lowest BCUT2D eigenvalue weighted by Crippen LogP contribution is -2.72. The molecule has 0 saturated carbocycles. The van der Waals surface area contributed by atoms with Crippen LogP contribution in [0.15, 0.2) is 99.6 Å². The van der Waals surface area contributed by atoms with Gasteiger partial charge in [0, 0.05) is 16.0 Å². The molecule has 0 bridgehead atoms. The smallest absolute Gasteiger partial charge is 0.407 e. The molecule has 4 aromatic rings. The molecule has 3 amide bonds. The van der Waals surface area contributed by atoms with Crippen LogP contribution in [0, 0.1) is 0 Å². The average Bonchev–Trinajstić information content (AvgIpc) is 3.50. The number of benzene rings is 2. The average molecular weight is 804 g/mol. The summed E-state index contributed by atoms with van der Waals surface area (Å²) in [7, 11) is 1.26. The SMILES string of the molecule is CO/N=C(\C(=O)NC1C(=O)N2C(C(=O)OC(c3ccccc3)c3ccccc3)=C(Sc3cccnc3CNC(=O)OC(C)(C)C)CCC12)c1nc(N)sc1Cl. The van der Waals surface area contributed by atoms with Crippen LogP contribution in [0.3, 0.4) is 0 Å². The number of carbonyl (C=O) groups is 4. The molecule has 2 aromatic heterocycles. The summed E-state index contributed by atoms with van der Waals surface area (Å²) in [6.45, 7) is 5.35. The molecule has 0 spiro atoms. The number of nitrogens with one attached hydrogen (secondary N) is 2. The van der Waals surface area contributed by atoms with Gasteiger partial charge < -0.3 is 30.7 Å². The van der Waals surface area contributed by atoms with E-state index >= 15 is 0 Å². The van der Waals surface area contributed by atoms with Gasteiger partial charge in [0.15, 0.2) is 16.9 Å². The minimum atomic E-state index is -1.01. The molecule has 0 radical (unpaired) electrons. The van der Waals surface area contributed by atoms with Crippen molar-refractivity contribution in [1.82, 2.24) is 25.5 Å². The first kappa shape index (κ1) is 39.2. The molecule has 2 unspecified atom stereocenters. The fourth-order valence-corrected chi connectivity index (χ4v) is 8.15. The first-order valence-corrected chi connectivity index (χ1v) is 19.2. The number of hydrogen-bond acceptors (Lipinski definition) is 13. The Morgan fingerprint density at radius 3 is 2.35 bits per heavy atom. The topological polar surface area (TPSA) is 187 Å². The predicted molar refractivity (Wildman–Crippen MR) is 208 cm³/mol. The second-order valence-electron chi connectivity index (χ2n) is 13.3. The summed E-state index contributed by atoms with van der Waals surface area (Å²) in [5.74, 6) is -2.02. The maximum Gasteiger partial charge on any atom is 0.407 e. The van der Waals surface area contributed by atoms with E-state index in [1.165, 1.54) is 23.8 Å². The third-order valence-electron chi connectivity index (χ3n) is 8.41. The lowest BCUT2D eigenvalue weighted by Gasteiger charge is -2.50. The van der Waals surface area contributed by atoms with E-state index in [4.69, 9.17) is 31.6 Å². The molecular formula is C38H38ClN7O7S2. The van der Waals surface area contributed by atoms with E-state index < -0.39 is 47.7 Å². The number of alkyl carbamates (subject to hydrolysis) is 1. The number of halogens is 1. The quantitative estimate of drug-likeness (QED) is 0.0663. The maximum atomic E-state index is 14.5. The third-order valence-corrected chi connectivity index (χ3v) is 10.7. The van der Waals surface area contributed by atoms with Crippen molar-refractivity contribution in [2.45, 2.75) is 68.8 Å². The van der Waals surface area contributed by atoms with Crippen LogP contribution in [0.2, 0.25) is 4.34 Å². The zero-order chi connectivity index (χ0) is 39.3. The highest BCUT2D eigenvalue weighted by Gasteiger charge is 2.54. The predicted octanol–water partition coefficient (Wildman–Crippen LogP) is 5.98. The first-order valence-electron chi connectivity index (χ1n) is 17.1. The van der Waals surface area contributed by atoms with E-state index in [-0.39, 0.29) is 33.1 Å². The van der Waals surface area contributed by atoms with Crippen LogP contribution in [-0.2, 0) is 35.2 Å². The number of anilines is 1. The van der Waals surface area contributed by atoms with Crippen LogP contribution in [0.25, 0.3) is 0 Å². The molecule has 4 N–H and O–H groups in total. The number of nitrogens with zero attached hydrogens (tertiary/aromatic N) is 4. The number of pyridine rings is 1. The Bertz CT molecular complexity index is 2100. The van der Waals surface area contributed by atoms with Crippen molar-refractivity contribution in [2.75, 3.05) is 12.8 Å². The van der Waals surface area contributed by atoms with Crippen molar-refractivity contribution < 1.29 is 33.5 Å². The summed E-state index contributed by atoms with van der Waals surface area (Å²) >= 11 is 8.49. The van der Waals surface area contributed by atoms with Gasteiger partial charge in [-0.05, 0) is 56.9 Å². The van der Waals surface area contributed by atoms with Crippen molar-refractivity contribution in [1.29, 1.82) is 0 Å². The lowest BCUT2D eigenvalue weighted by atomic mass is 9.86. The van der Waals surface area contributed by atoms with Crippen LogP contribution < -0.4 is 16.4 Å². The van der Waals surface area contributed by atoms with Crippen LogP contribution in [-0.4, -0.2) is 69.3 Å². The maximum absolute atomic E-state index is 14.5. The molecule has 2 aliphatic rings. The van der Waals surface area contributed by atoms with E-state index in [0.717, 1.165) is 22.5 Å². The van der Waals surface area contributed by atoms with Crippen molar-refractivity contribution in [2.24, 2.45) is 5.16 Å². The molecule has 17 heteroatoms. The number of nitrogens with two attached hydrogens (primary N) is 1. The zero-order valence-corrected chi connectivity index (χ0v) is 32.7. The number of allylic oxidation sites excluding steroid dienone is 1. The number of ether oxygens (including phenoxy) is 2. The number of β-lactam (4-membered cyclic amide) rings is 1. The Morgan fingerprint density at radius 2 is 1.75 bits per heavy atom. The molecule has 1 fully saturated rings. The number of amides is 3. The van der Waals surface area contributed by atoms with E-state index in [9.17, 15) is 19.2 Å². The number of aromatic nitrogens is 2. The van der Waals surface area contributed by atoms with Gasteiger partial charge in [0.25, 0.3) is 11.8 Å². The number of fused-ring (bicyclic) bond motifs is 1. The summed E-state index contributed by atoms with van der Waals surface area (Å²) in [5, 5.41) is 9.40. The third kappa shape index (κ3) is 9.10. The van der Waals surface area contributed by atoms with E-state index in [1.807, 2.05) is 66.7 Å². The minimum absolute atomic E-state index is 0.0138. The van der Waals surface area contributed by atoms with Gasteiger partial charge in [-0.25, -0.2) is 14.6 Å². The van der Waals surface area contributed by atoms with Crippen LogP contribution in [0.4, 0.5) is 9.93 Å². The number of oxime groups is 1. The second kappa shape index (κ2) is 16.9. The number of nitrogen functional groups attached to an aromatic ring is 1. The molecule has 1 saturated heterocycles. The number of rotatable bonds is 12. The molecule has 2 atom stereocenters. The molecular weight excluding hydrogens is 766 g/mol. The fourth-order valence-electron chi connectivity index (χ4n) is 6.07. The number of thiazole rings is 1. The fraction of sp³-hybridized carbons (Fsp3) is 0.289. The normalized spacial score (nSPS) is 16.9. The van der Waals surface area contributed by atoms with Gasteiger partial charge in [-0.15, -0.1) is 0 Å². The van der Waals surface area contributed by atoms with Gasteiger partial charge in [-0.2, -0.15) is 0 Å². The lowest BCUT2D eigenvalue weighted by molar-refractivity contribution is -0.158. The molecule has 6 rings (SSSR count). The molecule has 2 aliphatic heterocycles. The minimum Gasteiger partial charge on any atom is -0.448 e. The zero-order valence-electron chi connectivity index (χ0n) is 30.3. The summed E-state index contributed by atoms with van der Waals surface area (Å²) in [5.41, 5.74) is 6.91. The summed E-state index contributed by atoms with van der Waals surface area (Å²) < 4.78 is 11.8. The number of thioether (sulfide) groups is 1. The monoisotopic (exact) mass is 803 g/mol. The van der Waals surface area contributed by atoms with Gasteiger partial charge in [0.05, 0.1) is 18.3 Å². The highest BCUT2D eigenvalue weighted by molar-refractivity contribution is 8.03. The van der Waals surface area contributed by atoms with E-state index in [1.54, 1.807) is 33.0 Å². The molecule has 14 nitrogen and oxygen atoms in total. The second-order valence-corrected chi connectivity index (χ2v) is 16.1. The van der Waals surface area contributed by atoms with Crippen molar-refractivity contribution in [3.8, 4) is 0 Å². The first-order chi connectivity index (χ1) is 26.3. The van der Waals surface area contributed by atoms with Crippen molar-refractivity contribution in [3.05, 3.63) is 116 Å². The van der Waals surface area contributed by atoms with Crippen LogP contribution in [0.5, 0.6) is 0 Å². The molecule has 0 aliphatic carbocycles. The Balaban J connectivity index is 1.32. The van der Waals surface area contributed by atoms with Crippen molar-refractivity contribution in [3.63, 3.8) is 0 Å². The number of esters is 1. The Morgan fingerprint density at radius 1 is 1.07 bits per heavy atom. The van der Waals surface area contributed by atoms with Gasteiger partial charge in [-0.3, -0.25) is 19.5 Å². The number of hydrogen-bond donors (Lipinski definition) is 3. The van der Waals surface area contributed by atoms with Gasteiger partial charge >= 0.3 is 12.1 Å². The highest BCUT2D eigenvalue weighted by Crippen LogP contribution is 2.45. The molecule has 4 heterocycles. The molecule has 55 heavy (non-hydrogen) atoms.